The molecule has 2 aromatic carbocycles. The maximum atomic E-state index is 13.9. The number of rotatable bonds is 6. The number of ketones is 1. The lowest BCUT2D eigenvalue weighted by molar-refractivity contribution is -0.163. The Hall–Kier alpha value is -2.66. The summed E-state index contributed by atoms with van der Waals surface area (Å²) in [7, 11) is 1.61. The lowest BCUT2D eigenvalue weighted by Crippen LogP contribution is -2.32. The predicted molar refractivity (Wildman–Crippen MR) is 112 cm³/mol. The van der Waals surface area contributed by atoms with E-state index in [0.717, 1.165) is 18.2 Å². The molecule has 0 saturated carbocycles. The van der Waals surface area contributed by atoms with Crippen LogP contribution in [0.4, 0.5) is 32.0 Å². The van der Waals surface area contributed by atoms with Gasteiger partial charge in [-0.25, -0.2) is 0 Å². The predicted octanol–water partition coefficient (Wildman–Crippen LogP) is 5.95. The summed E-state index contributed by atoms with van der Waals surface area (Å²) >= 11 is 0.546. The smallest absolute Gasteiger partial charge is 0.388 e. The zero-order chi connectivity index (χ0) is 24.2. The van der Waals surface area contributed by atoms with E-state index in [1.54, 1.807) is 24.1 Å². The molecule has 3 rings (SSSR count). The van der Waals surface area contributed by atoms with Crippen molar-refractivity contribution in [3.8, 4) is 0 Å². The van der Waals surface area contributed by atoms with E-state index < -0.39 is 39.7 Å². The molecule has 178 valence electrons. The molecule has 1 fully saturated rings. The van der Waals surface area contributed by atoms with Crippen molar-refractivity contribution in [1.82, 2.24) is 4.90 Å². The fraction of sp³-hybridized carbons (Fsp3) is 0.318. The number of ether oxygens (including phenoxy) is 1. The third-order valence-corrected chi connectivity index (χ3v) is 5.88. The van der Waals surface area contributed by atoms with Crippen molar-refractivity contribution in [3.63, 3.8) is 0 Å². The van der Waals surface area contributed by atoms with Crippen LogP contribution in [-0.4, -0.2) is 44.0 Å². The first kappa shape index (κ1) is 25.0. The fourth-order valence-corrected chi connectivity index (χ4v) is 4.32. The van der Waals surface area contributed by atoms with Gasteiger partial charge in [0.1, 0.15) is 0 Å². The largest absolute Gasteiger partial charge is 0.418 e. The second-order valence-corrected chi connectivity index (χ2v) is 8.18. The van der Waals surface area contributed by atoms with Gasteiger partial charge in [0.15, 0.2) is 5.78 Å². The van der Waals surface area contributed by atoms with E-state index in [9.17, 15) is 31.1 Å². The van der Waals surface area contributed by atoms with Crippen LogP contribution in [0.2, 0.25) is 0 Å². The molecule has 4 nitrogen and oxygen atoms in total. The highest BCUT2D eigenvalue weighted by atomic mass is 32.2. The Kier molecular flexibility index (Phi) is 7.63. The van der Waals surface area contributed by atoms with Crippen LogP contribution in [0.25, 0.3) is 0 Å². The number of halogens is 6. The van der Waals surface area contributed by atoms with Crippen LogP contribution in [0.3, 0.4) is 0 Å². The number of carbonyl (C=O) groups is 1. The minimum Gasteiger partial charge on any atom is -0.388 e. The molecule has 0 unspecified atom stereocenters. The van der Waals surface area contributed by atoms with Gasteiger partial charge in [-0.15, -0.1) is 0 Å². The molecule has 0 amide bonds. The standard InChI is InChI=1S/C22H20F6N2O2S/c1-29-14-3-2-4-15(13-14)33-18-6-5-16(17(31)7-8-30-9-11-32-12-10-30)19(21(23,24)25)20(18)22(26,27)28/h2-8,13,29H,9-12H2,1H3. The minimum absolute atomic E-state index is 0.312. The second-order valence-electron chi connectivity index (χ2n) is 7.07. The Morgan fingerprint density at radius 2 is 1.70 bits per heavy atom. The van der Waals surface area contributed by atoms with E-state index in [4.69, 9.17) is 4.74 Å². The Morgan fingerprint density at radius 1 is 1.03 bits per heavy atom. The maximum absolute atomic E-state index is 13.9. The summed E-state index contributed by atoms with van der Waals surface area (Å²) in [4.78, 5) is 13.9. The van der Waals surface area contributed by atoms with Gasteiger partial charge in [0.2, 0.25) is 0 Å². The monoisotopic (exact) mass is 490 g/mol. The molecule has 0 aromatic heterocycles. The first-order valence-corrected chi connectivity index (χ1v) is 10.6. The zero-order valence-electron chi connectivity index (χ0n) is 17.4. The number of nitrogens with zero attached hydrogens (tertiary/aromatic N) is 1. The molecule has 1 aliphatic rings. The van der Waals surface area contributed by atoms with Crippen molar-refractivity contribution in [2.75, 3.05) is 38.7 Å². The van der Waals surface area contributed by atoms with Crippen LogP contribution < -0.4 is 5.32 Å². The summed E-state index contributed by atoms with van der Waals surface area (Å²) < 4.78 is 88.7. The quantitative estimate of drug-likeness (QED) is 0.308. The number of anilines is 1. The first-order valence-electron chi connectivity index (χ1n) is 9.82. The molecule has 1 aliphatic heterocycles. The Balaban J connectivity index is 2.07. The van der Waals surface area contributed by atoms with Gasteiger partial charge in [-0.3, -0.25) is 4.79 Å². The van der Waals surface area contributed by atoms with Gasteiger partial charge < -0.3 is 15.0 Å². The molecule has 0 aliphatic carbocycles. The summed E-state index contributed by atoms with van der Waals surface area (Å²) in [6.45, 7) is 1.60. The average Bonchev–Trinajstić information content (AvgIpc) is 2.76. The van der Waals surface area contributed by atoms with Crippen molar-refractivity contribution in [2.24, 2.45) is 0 Å². The summed E-state index contributed by atoms with van der Waals surface area (Å²) in [6, 6.07) is 7.95. The highest BCUT2D eigenvalue weighted by molar-refractivity contribution is 7.99. The highest BCUT2D eigenvalue weighted by Gasteiger charge is 2.47. The molecule has 0 radical (unpaired) electrons. The normalized spacial score (nSPS) is 15.2. The number of benzene rings is 2. The fourth-order valence-electron chi connectivity index (χ4n) is 3.28. The third kappa shape index (κ3) is 6.23. The van der Waals surface area contributed by atoms with E-state index in [-0.39, 0.29) is 0 Å². The summed E-state index contributed by atoms with van der Waals surface area (Å²) in [6.07, 6.45) is -8.59. The van der Waals surface area contributed by atoms with Gasteiger partial charge in [-0.05, 0) is 30.3 Å². The van der Waals surface area contributed by atoms with Crippen molar-refractivity contribution in [3.05, 3.63) is 65.4 Å². The molecule has 0 atom stereocenters. The highest BCUT2D eigenvalue weighted by Crippen LogP contribution is 2.48. The topological polar surface area (TPSA) is 41.6 Å². The third-order valence-electron chi connectivity index (χ3n) is 4.83. The number of hydrogen-bond acceptors (Lipinski definition) is 5. The summed E-state index contributed by atoms with van der Waals surface area (Å²) in [5, 5.41) is 2.82. The maximum Gasteiger partial charge on any atom is 0.418 e. The molecular weight excluding hydrogens is 470 g/mol. The average molecular weight is 490 g/mol. The lowest BCUT2D eigenvalue weighted by atomic mass is 9.96. The van der Waals surface area contributed by atoms with E-state index >= 15 is 0 Å². The molecule has 1 N–H and O–H groups in total. The zero-order valence-corrected chi connectivity index (χ0v) is 18.2. The molecular formula is C22H20F6N2O2S. The van der Waals surface area contributed by atoms with E-state index in [2.05, 4.69) is 5.32 Å². The molecule has 1 heterocycles. The van der Waals surface area contributed by atoms with Crippen molar-refractivity contribution >= 4 is 23.2 Å². The number of allylic oxidation sites excluding steroid dienone is 1. The van der Waals surface area contributed by atoms with E-state index in [1.165, 1.54) is 18.3 Å². The second kappa shape index (κ2) is 10.1. The van der Waals surface area contributed by atoms with Crippen LogP contribution >= 0.6 is 11.8 Å². The summed E-state index contributed by atoms with van der Waals surface area (Å²) in [5.74, 6) is -1.16. The lowest BCUT2D eigenvalue weighted by Gasteiger charge is -2.25. The Labute approximate surface area is 190 Å². The van der Waals surface area contributed by atoms with Gasteiger partial charge in [-0.1, -0.05) is 17.8 Å². The first-order chi connectivity index (χ1) is 15.5. The van der Waals surface area contributed by atoms with Gasteiger partial charge in [-0.2, -0.15) is 26.3 Å². The number of morpholine rings is 1. The van der Waals surface area contributed by atoms with Crippen LogP contribution in [0.5, 0.6) is 0 Å². The minimum atomic E-state index is -5.40. The summed E-state index contributed by atoms with van der Waals surface area (Å²) in [5.41, 5.74) is -4.32. The van der Waals surface area contributed by atoms with E-state index in [1.807, 2.05) is 0 Å². The number of alkyl halides is 6. The Bertz CT molecular complexity index is 1030. The van der Waals surface area contributed by atoms with E-state index in [0.29, 0.717) is 48.6 Å². The SMILES string of the molecule is CNc1cccc(Sc2ccc(C(=O)C=CN3CCOCC3)c(C(F)(F)F)c2C(F)(F)F)c1. The molecule has 0 bridgehead atoms. The van der Waals surface area contributed by atoms with Crippen molar-refractivity contribution < 1.29 is 35.9 Å². The van der Waals surface area contributed by atoms with Crippen LogP contribution in [0.15, 0.2) is 58.5 Å². The molecule has 11 heteroatoms. The van der Waals surface area contributed by atoms with Crippen LogP contribution in [-0.2, 0) is 17.1 Å². The van der Waals surface area contributed by atoms with Gasteiger partial charge in [0.05, 0.1) is 24.3 Å². The van der Waals surface area contributed by atoms with Crippen molar-refractivity contribution in [2.45, 2.75) is 22.1 Å². The van der Waals surface area contributed by atoms with Gasteiger partial charge in [0.25, 0.3) is 0 Å². The number of hydrogen-bond donors (Lipinski definition) is 1. The molecule has 2 aromatic rings. The van der Waals surface area contributed by atoms with Gasteiger partial charge in [0, 0.05) is 53.5 Å². The van der Waals surface area contributed by atoms with Crippen molar-refractivity contribution in [1.29, 1.82) is 0 Å². The molecule has 1 saturated heterocycles. The number of nitrogens with one attached hydrogen (secondary N) is 1. The van der Waals surface area contributed by atoms with Gasteiger partial charge >= 0.3 is 12.4 Å². The van der Waals surface area contributed by atoms with Crippen LogP contribution in [0.1, 0.15) is 21.5 Å². The number of carbonyl (C=O) groups excluding carboxylic acids is 1. The molecule has 0 spiro atoms. The van der Waals surface area contributed by atoms with Crippen LogP contribution in [0, 0.1) is 0 Å². The Morgan fingerprint density at radius 3 is 2.30 bits per heavy atom. The molecule has 33 heavy (non-hydrogen) atoms.